The average molecular weight is 494 g/mol. The third-order valence-corrected chi connectivity index (χ3v) is 10.7. The zero-order chi connectivity index (χ0) is 21.9. The monoisotopic (exact) mass is 493 g/mol. The molecule has 0 aliphatic carbocycles. The number of pyridine rings is 1. The molecule has 0 aromatic carbocycles. The molecule has 3 aliphatic rings. The maximum absolute atomic E-state index is 12.8. The highest BCUT2D eigenvalue weighted by Crippen LogP contribution is 2.45. The fourth-order valence-electron chi connectivity index (χ4n) is 5.12. The Balaban J connectivity index is 0.00000137. The number of hydrogen-bond donors (Lipinski definition) is 2. The number of thiazole rings is 1. The van der Waals surface area contributed by atoms with Crippen LogP contribution in [0, 0.1) is 5.41 Å². The van der Waals surface area contributed by atoms with Gasteiger partial charge >= 0.3 is 0 Å². The van der Waals surface area contributed by atoms with Gasteiger partial charge in [0.25, 0.3) is 0 Å². The van der Waals surface area contributed by atoms with E-state index in [9.17, 15) is 13.2 Å². The first-order valence-electron chi connectivity index (χ1n) is 10.7. The Hall–Kier alpha value is -1.92. The highest BCUT2D eigenvalue weighted by atomic mass is 32.2. The molecule has 6 heterocycles. The zero-order valence-electron chi connectivity index (χ0n) is 17.4. The van der Waals surface area contributed by atoms with Crippen molar-refractivity contribution in [2.75, 3.05) is 43.0 Å². The molecular weight excluding hydrogens is 466 g/mol. The highest BCUT2D eigenvalue weighted by Gasteiger charge is 2.55. The van der Waals surface area contributed by atoms with Crippen molar-refractivity contribution < 1.29 is 16.1 Å². The van der Waals surface area contributed by atoms with Crippen molar-refractivity contribution in [3.63, 3.8) is 0 Å². The Bertz CT molecular complexity index is 1290. The highest BCUT2D eigenvalue weighted by molar-refractivity contribution is 7.92. The molecule has 6 rings (SSSR count). The number of anilines is 1. The van der Waals surface area contributed by atoms with Crippen LogP contribution in [0.4, 0.5) is 5.00 Å². The van der Waals surface area contributed by atoms with Gasteiger partial charge in [-0.1, -0.05) is 0 Å². The van der Waals surface area contributed by atoms with Crippen molar-refractivity contribution in [2.24, 2.45) is 5.41 Å². The molecule has 3 aliphatic heterocycles. The van der Waals surface area contributed by atoms with Gasteiger partial charge in [-0.3, -0.25) is 9.78 Å². The maximum atomic E-state index is 12.8. The molecule has 1 spiro atoms. The average Bonchev–Trinajstić information content (AvgIpc) is 3.29. The number of likely N-dealkylation sites (tertiary alicyclic amines) is 1. The number of amides is 1. The van der Waals surface area contributed by atoms with Gasteiger partial charge < -0.3 is 15.5 Å². The third kappa shape index (κ3) is 3.65. The molecule has 0 unspecified atom stereocenters. The van der Waals surface area contributed by atoms with Crippen molar-refractivity contribution in [1.82, 2.24) is 20.2 Å². The second-order valence-electron chi connectivity index (χ2n) is 9.04. The van der Waals surface area contributed by atoms with E-state index in [0.29, 0.717) is 24.5 Å². The van der Waals surface area contributed by atoms with Crippen molar-refractivity contribution in [3.8, 4) is 10.6 Å². The van der Waals surface area contributed by atoms with E-state index in [-0.39, 0.29) is 14.2 Å². The molecule has 172 valence electrons. The van der Waals surface area contributed by atoms with Gasteiger partial charge in [0.1, 0.15) is 15.5 Å². The molecule has 0 saturated carbocycles. The fourth-order valence-corrected chi connectivity index (χ4v) is 9.58. The van der Waals surface area contributed by atoms with Crippen LogP contribution in [0.15, 0.2) is 18.5 Å². The van der Waals surface area contributed by atoms with E-state index in [1.54, 1.807) is 35.1 Å². The lowest BCUT2D eigenvalue weighted by molar-refractivity contribution is -0.117. The summed E-state index contributed by atoms with van der Waals surface area (Å²) in [5.41, 5.74) is 3.18. The number of nitrogens with one attached hydrogen (secondary N) is 2. The van der Waals surface area contributed by atoms with E-state index in [1.807, 2.05) is 6.07 Å². The quantitative estimate of drug-likeness (QED) is 0.563. The summed E-state index contributed by atoms with van der Waals surface area (Å²) < 4.78 is 24.0. The summed E-state index contributed by atoms with van der Waals surface area (Å²) >= 11 is 3.27. The van der Waals surface area contributed by atoms with Crippen LogP contribution in [-0.4, -0.2) is 66.9 Å². The van der Waals surface area contributed by atoms with E-state index in [0.717, 1.165) is 58.4 Å². The molecule has 0 bridgehead atoms. The van der Waals surface area contributed by atoms with Gasteiger partial charge in [-0.2, -0.15) is 0 Å². The van der Waals surface area contributed by atoms with Gasteiger partial charge in [0.2, 0.25) is 5.91 Å². The first-order chi connectivity index (χ1) is 15.4. The first-order valence-corrected chi connectivity index (χ1v) is 14.1. The summed E-state index contributed by atoms with van der Waals surface area (Å²) in [6.07, 6.45) is 4.87. The number of hydrogen-bond acceptors (Lipinski definition) is 9. The predicted molar refractivity (Wildman–Crippen MR) is 131 cm³/mol. The predicted octanol–water partition coefficient (Wildman–Crippen LogP) is 2.62. The summed E-state index contributed by atoms with van der Waals surface area (Å²) in [6, 6.07) is 1.97. The van der Waals surface area contributed by atoms with Crippen LogP contribution in [0.3, 0.4) is 0 Å². The van der Waals surface area contributed by atoms with Crippen molar-refractivity contribution in [3.05, 3.63) is 28.9 Å². The van der Waals surface area contributed by atoms with Crippen LogP contribution in [-0.2, 0) is 27.6 Å². The summed E-state index contributed by atoms with van der Waals surface area (Å²) in [7, 11) is -2.81. The van der Waals surface area contributed by atoms with Crippen LogP contribution in [0.1, 0.15) is 19.7 Å². The first kappa shape index (κ1) is 20.7. The smallest absolute Gasteiger partial charge is 0.226 e. The largest absolute Gasteiger partial charge is 0.317 e. The lowest BCUT2D eigenvalue weighted by Gasteiger charge is -2.54. The van der Waals surface area contributed by atoms with Gasteiger partial charge in [-0.15, -0.1) is 22.7 Å². The van der Waals surface area contributed by atoms with Gasteiger partial charge in [0, 0.05) is 57.5 Å². The maximum Gasteiger partial charge on any atom is 0.226 e. The molecule has 3 aromatic rings. The molecule has 3 aromatic heterocycles. The molecule has 32 heavy (non-hydrogen) atoms. The molecule has 0 atom stereocenters. The molecule has 8 nitrogen and oxygen atoms in total. The Morgan fingerprint density at radius 2 is 2.16 bits per heavy atom. The Morgan fingerprint density at radius 3 is 2.94 bits per heavy atom. The molecule has 1 amide bonds. The Morgan fingerprint density at radius 1 is 1.31 bits per heavy atom. The molecule has 0 radical (unpaired) electrons. The summed E-state index contributed by atoms with van der Waals surface area (Å²) in [4.78, 5) is 25.2. The number of fused-ring (bicyclic) bond motifs is 2. The molecule has 2 saturated heterocycles. The Labute approximate surface area is 197 Å². The van der Waals surface area contributed by atoms with Crippen LogP contribution in [0.2, 0.25) is 0 Å². The fraction of sp³-hybridized carbons (Fsp3) is 0.476. The zero-order valence-corrected chi connectivity index (χ0v) is 19.8. The lowest BCUT2D eigenvalue weighted by atomic mass is 9.83. The number of carbonyl (C=O) groups is 1. The second-order valence-corrected chi connectivity index (χ2v) is 13.2. The van der Waals surface area contributed by atoms with E-state index in [1.165, 1.54) is 10.4 Å². The molecule has 2 N–H and O–H groups in total. The SMILES string of the molecule is O=C(CCN1CC2(C1)CS(=O)(=O)C2)Nc1sc2c(c1-c1nc3cnccc3s1)CCNC2.[HH].[HH]. The third-order valence-electron chi connectivity index (χ3n) is 6.41. The molecule has 2 fully saturated rings. The van der Waals surface area contributed by atoms with Crippen molar-refractivity contribution >= 4 is 53.6 Å². The normalized spacial score (nSPS) is 21.1. The van der Waals surface area contributed by atoms with Crippen LogP contribution < -0.4 is 10.6 Å². The van der Waals surface area contributed by atoms with E-state index in [2.05, 4.69) is 20.5 Å². The number of carbonyl (C=O) groups excluding carboxylic acids is 1. The van der Waals surface area contributed by atoms with Crippen LogP contribution in [0.5, 0.6) is 0 Å². The van der Waals surface area contributed by atoms with Gasteiger partial charge in [0.15, 0.2) is 9.84 Å². The Kier molecular flexibility index (Phi) is 4.88. The number of sulfone groups is 1. The molecule has 11 heteroatoms. The van der Waals surface area contributed by atoms with Crippen LogP contribution >= 0.6 is 22.7 Å². The number of nitrogens with zero attached hydrogens (tertiary/aromatic N) is 3. The van der Waals surface area contributed by atoms with E-state index in [4.69, 9.17) is 4.98 Å². The lowest BCUT2D eigenvalue weighted by Crippen LogP contribution is -2.68. The summed E-state index contributed by atoms with van der Waals surface area (Å²) in [5.74, 6) is 0.597. The van der Waals surface area contributed by atoms with E-state index >= 15 is 0 Å². The van der Waals surface area contributed by atoms with Gasteiger partial charge in [-0.05, 0) is 24.6 Å². The van der Waals surface area contributed by atoms with E-state index < -0.39 is 9.84 Å². The topological polar surface area (TPSA) is 104 Å². The standard InChI is InChI=1S/C21H23N5O3S3.2H2/c27-17(3-6-26-9-21(10-26)11-32(28,29)12-21)25-20-18(13-1-4-23-8-16(13)31-20)19-24-14-7-22-5-2-15(14)30-19;;/h2,5,7,23H,1,3-4,6,8-12H2,(H,25,27);2*1H. The minimum atomic E-state index is -2.81. The number of thiophene rings is 1. The number of rotatable bonds is 5. The summed E-state index contributed by atoms with van der Waals surface area (Å²) in [6.45, 7) is 3.95. The molecular formula is C21H27N5O3S3. The van der Waals surface area contributed by atoms with Crippen LogP contribution in [0.25, 0.3) is 20.8 Å². The van der Waals surface area contributed by atoms with Gasteiger partial charge in [0.05, 0.1) is 22.4 Å². The van der Waals surface area contributed by atoms with Gasteiger partial charge in [-0.25, -0.2) is 13.4 Å². The minimum Gasteiger partial charge on any atom is -0.317 e. The second kappa shape index (κ2) is 7.56. The van der Waals surface area contributed by atoms with Crippen molar-refractivity contribution in [2.45, 2.75) is 19.4 Å². The summed E-state index contributed by atoms with van der Waals surface area (Å²) in [5, 5.41) is 8.38. The number of aromatic nitrogens is 2. The minimum absolute atomic E-state index is 0. The van der Waals surface area contributed by atoms with Crippen molar-refractivity contribution in [1.29, 1.82) is 0 Å².